The Bertz CT molecular complexity index is 1720. The molecule has 1 N–H and O–H groups in total. The molecule has 0 saturated heterocycles. The number of hydrogen-bond donors (Lipinski definition) is 1. The number of aromatic nitrogens is 8. The van der Waals surface area contributed by atoms with Gasteiger partial charge in [0.05, 0.1) is 46.3 Å². The number of anilines is 1. The average Bonchev–Trinajstić information content (AvgIpc) is 3.31. The summed E-state index contributed by atoms with van der Waals surface area (Å²) < 4.78 is 8.38. The summed E-state index contributed by atoms with van der Waals surface area (Å²) >= 11 is 6.42. The molecule has 0 unspecified atom stereocenters. The lowest BCUT2D eigenvalue weighted by Gasteiger charge is -2.08. The normalized spacial score (nSPS) is 13.1. The number of hydrogen-bond acceptors (Lipinski definition) is 8. The highest BCUT2D eigenvalue weighted by Crippen LogP contribution is 2.34. The molecule has 4 heterocycles. The molecule has 0 atom stereocenters. The first-order valence-electron chi connectivity index (χ1n) is 12.4. The molecule has 5 aromatic rings. The molecule has 4 aromatic heterocycles. The van der Waals surface area contributed by atoms with Crippen LogP contribution < -0.4 is 5.32 Å². The fraction of sp³-hybridized carbons (Fsp3) is 0.269. The van der Waals surface area contributed by atoms with E-state index in [0.717, 1.165) is 29.7 Å². The van der Waals surface area contributed by atoms with Crippen LogP contribution in [0.5, 0.6) is 0 Å². The summed E-state index contributed by atoms with van der Waals surface area (Å²) in [6, 6.07) is 9.34. The van der Waals surface area contributed by atoms with Crippen LogP contribution in [0.2, 0.25) is 5.02 Å². The highest BCUT2D eigenvalue weighted by molar-refractivity contribution is 6.34. The molecule has 13 heteroatoms. The third kappa shape index (κ3) is 5.10. The molecule has 0 radical (unpaired) electrons. The maximum Gasteiger partial charge on any atom is 0.302 e. The number of halogens is 1. The molecule has 6 rings (SSSR count). The summed E-state index contributed by atoms with van der Waals surface area (Å²) in [5.41, 5.74) is 4.72. The van der Waals surface area contributed by atoms with Gasteiger partial charge in [-0.05, 0) is 60.9 Å². The lowest BCUT2D eigenvalue weighted by Crippen LogP contribution is -2.12. The third-order valence-corrected chi connectivity index (χ3v) is 6.75. The Morgan fingerprint density at radius 2 is 2.00 bits per heavy atom. The number of ether oxygens (including phenoxy) is 1. The first kappa shape index (κ1) is 24.7. The van der Waals surface area contributed by atoms with Crippen molar-refractivity contribution in [2.24, 2.45) is 0 Å². The van der Waals surface area contributed by atoms with E-state index in [9.17, 15) is 9.59 Å². The van der Waals surface area contributed by atoms with Crippen LogP contribution in [0.4, 0.5) is 5.69 Å². The van der Waals surface area contributed by atoms with Crippen LogP contribution in [0.25, 0.3) is 28.0 Å². The monoisotopic (exact) mass is 545 g/mol. The Hall–Kier alpha value is -4.58. The zero-order chi connectivity index (χ0) is 27.1. The summed E-state index contributed by atoms with van der Waals surface area (Å²) in [6.45, 7) is 3.95. The van der Waals surface area contributed by atoms with Gasteiger partial charge in [0.1, 0.15) is 6.61 Å². The Balaban J connectivity index is 1.25. The molecule has 1 fully saturated rings. The van der Waals surface area contributed by atoms with E-state index in [2.05, 4.69) is 30.9 Å². The van der Waals surface area contributed by atoms with E-state index < -0.39 is 0 Å². The van der Waals surface area contributed by atoms with Gasteiger partial charge in [-0.3, -0.25) is 14.3 Å². The zero-order valence-electron chi connectivity index (χ0n) is 21.2. The number of pyridine rings is 1. The first-order chi connectivity index (χ1) is 18.9. The van der Waals surface area contributed by atoms with Crippen molar-refractivity contribution >= 4 is 34.7 Å². The van der Waals surface area contributed by atoms with Crippen LogP contribution in [0.1, 0.15) is 41.9 Å². The Morgan fingerprint density at radius 3 is 2.79 bits per heavy atom. The third-order valence-electron chi connectivity index (χ3n) is 6.42. The van der Waals surface area contributed by atoms with Gasteiger partial charge in [0, 0.05) is 30.4 Å². The summed E-state index contributed by atoms with van der Waals surface area (Å²) in [6.07, 6.45) is 7.30. The molecule has 1 aromatic carbocycles. The molecule has 39 heavy (non-hydrogen) atoms. The van der Waals surface area contributed by atoms with Gasteiger partial charge < -0.3 is 10.1 Å². The number of tetrazole rings is 1. The molecule has 0 aliphatic heterocycles. The molecular formula is C26H24ClN9O3. The smallest absolute Gasteiger partial charge is 0.302 e. The maximum atomic E-state index is 13.4. The standard InChI is InChI=1S/C26H24ClN9O3/c1-15-21(14-34(31-15)9-10-39-16(2)37)17-7-8-35-24(12-17)20(13-28-35)26(38)29-23-11-18(3-6-22(23)27)25-30-33-36(32-25)19-4-5-19/h3,6-8,11-14,19H,4-5,9-10H2,1-2H3,(H,29,38). The van der Waals surface area contributed by atoms with Crippen LogP contribution in [-0.4, -0.2) is 58.1 Å². The highest BCUT2D eigenvalue weighted by atomic mass is 35.5. The second kappa shape index (κ2) is 9.95. The Kier molecular flexibility index (Phi) is 6.31. The first-order valence-corrected chi connectivity index (χ1v) is 12.8. The van der Waals surface area contributed by atoms with Crippen LogP contribution in [0, 0.1) is 6.92 Å². The quantitative estimate of drug-likeness (QED) is 0.289. The van der Waals surface area contributed by atoms with Crippen LogP contribution >= 0.6 is 11.6 Å². The number of benzene rings is 1. The van der Waals surface area contributed by atoms with Crippen molar-refractivity contribution in [3.8, 4) is 22.5 Å². The Morgan fingerprint density at radius 1 is 1.15 bits per heavy atom. The number of carbonyl (C=O) groups excluding carboxylic acids is 2. The van der Waals surface area contributed by atoms with Gasteiger partial charge in [-0.1, -0.05) is 11.6 Å². The highest BCUT2D eigenvalue weighted by Gasteiger charge is 2.26. The van der Waals surface area contributed by atoms with Crippen molar-refractivity contribution in [3.05, 3.63) is 65.2 Å². The van der Waals surface area contributed by atoms with Gasteiger partial charge in [0.15, 0.2) is 0 Å². The maximum absolute atomic E-state index is 13.4. The second-order valence-corrected chi connectivity index (χ2v) is 9.76. The number of amides is 1. The van der Waals surface area contributed by atoms with Crippen molar-refractivity contribution in [1.29, 1.82) is 0 Å². The van der Waals surface area contributed by atoms with E-state index >= 15 is 0 Å². The molecule has 12 nitrogen and oxygen atoms in total. The number of rotatable bonds is 8. The number of fused-ring (bicyclic) bond motifs is 1. The van der Waals surface area contributed by atoms with Gasteiger partial charge >= 0.3 is 5.97 Å². The molecule has 1 amide bonds. The number of carbonyl (C=O) groups is 2. The van der Waals surface area contributed by atoms with Gasteiger partial charge in [-0.25, -0.2) is 4.52 Å². The van der Waals surface area contributed by atoms with E-state index in [1.165, 1.54) is 13.1 Å². The summed E-state index contributed by atoms with van der Waals surface area (Å²) in [5.74, 6) is -0.217. The number of esters is 1. The van der Waals surface area contributed by atoms with Crippen LogP contribution in [0.3, 0.4) is 0 Å². The fourth-order valence-electron chi connectivity index (χ4n) is 4.27. The lowest BCUT2D eigenvalue weighted by molar-refractivity contribution is -0.141. The van der Waals surface area contributed by atoms with E-state index in [1.807, 2.05) is 25.3 Å². The number of nitrogens with zero attached hydrogens (tertiary/aromatic N) is 8. The van der Waals surface area contributed by atoms with Crippen LogP contribution in [0.15, 0.2) is 48.9 Å². The fourth-order valence-corrected chi connectivity index (χ4v) is 4.44. The van der Waals surface area contributed by atoms with Crippen molar-refractivity contribution in [2.45, 2.75) is 39.3 Å². The van der Waals surface area contributed by atoms with Gasteiger partial charge in [0.2, 0.25) is 5.82 Å². The van der Waals surface area contributed by atoms with Crippen molar-refractivity contribution in [1.82, 2.24) is 39.6 Å². The van der Waals surface area contributed by atoms with E-state index in [0.29, 0.717) is 45.8 Å². The molecular weight excluding hydrogens is 522 g/mol. The topological polar surface area (TPSA) is 134 Å². The summed E-state index contributed by atoms with van der Waals surface area (Å²) in [5, 5.41) is 24.9. The predicted molar refractivity (Wildman–Crippen MR) is 142 cm³/mol. The zero-order valence-corrected chi connectivity index (χ0v) is 22.0. The van der Waals surface area contributed by atoms with E-state index in [-0.39, 0.29) is 18.5 Å². The van der Waals surface area contributed by atoms with Gasteiger partial charge in [0.25, 0.3) is 5.91 Å². The van der Waals surface area contributed by atoms with Gasteiger partial charge in [-0.15, -0.1) is 10.2 Å². The minimum absolute atomic E-state index is 0.237. The number of aryl methyl sites for hydroxylation is 1. The molecule has 1 aliphatic rings. The lowest BCUT2D eigenvalue weighted by atomic mass is 10.1. The SMILES string of the molecule is CC(=O)OCCn1cc(-c2ccn3ncc(C(=O)Nc4cc(-c5nnn(C6CC6)n5)ccc4Cl)c3c2)c(C)n1. The molecule has 1 aliphatic carbocycles. The minimum atomic E-state index is -0.357. The van der Waals surface area contributed by atoms with Gasteiger partial charge in [-0.2, -0.15) is 15.0 Å². The number of nitrogens with one attached hydrogen (secondary N) is 1. The van der Waals surface area contributed by atoms with Crippen LogP contribution in [-0.2, 0) is 16.1 Å². The summed E-state index contributed by atoms with van der Waals surface area (Å²) in [7, 11) is 0. The average molecular weight is 546 g/mol. The van der Waals surface area contributed by atoms with Crippen molar-refractivity contribution < 1.29 is 14.3 Å². The predicted octanol–water partition coefficient (Wildman–Crippen LogP) is 3.96. The van der Waals surface area contributed by atoms with E-state index in [1.54, 1.807) is 38.4 Å². The summed E-state index contributed by atoms with van der Waals surface area (Å²) in [4.78, 5) is 26.0. The minimum Gasteiger partial charge on any atom is -0.464 e. The van der Waals surface area contributed by atoms with Crippen molar-refractivity contribution in [2.75, 3.05) is 11.9 Å². The molecule has 1 saturated carbocycles. The van der Waals surface area contributed by atoms with E-state index in [4.69, 9.17) is 16.3 Å². The Labute approximate surface area is 227 Å². The van der Waals surface area contributed by atoms with Crippen molar-refractivity contribution in [3.63, 3.8) is 0 Å². The molecule has 0 bridgehead atoms. The molecule has 198 valence electrons. The largest absolute Gasteiger partial charge is 0.464 e. The second-order valence-electron chi connectivity index (χ2n) is 9.35. The molecule has 0 spiro atoms.